The number of alkyl halides is 2. The van der Waals surface area contributed by atoms with Crippen LogP contribution < -0.4 is 9.62 Å². The van der Waals surface area contributed by atoms with E-state index >= 15 is 0 Å². The first kappa shape index (κ1) is 26.4. The first-order valence-electron chi connectivity index (χ1n) is 12.1. The highest BCUT2D eigenvalue weighted by atomic mass is 32.2. The predicted molar refractivity (Wildman–Crippen MR) is 136 cm³/mol. The average Bonchev–Trinajstić information content (AvgIpc) is 3.26. The van der Waals surface area contributed by atoms with E-state index in [-0.39, 0.29) is 27.9 Å². The lowest BCUT2D eigenvalue weighted by Crippen LogP contribution is -2.55. The maximum atomic E-state index is 13.4. The van der Waals surface area contributed by atoms with Gasteiger partial charge in [-0.2, -0.15) is 15.1 Å². The van der Waals surface area contributed by atoms with Gasteiger partial charge in [0.25, 0.3) is 6.43 Å². The number of amides is 1. The third-order valence-corrected chi connectivity index (χ3v) is 9.21. The Morgan fingerprint density at radius 2 is 2.00 bits per heavy atom. The number of nitriles is 1. The summed E-state index contributed by atoms with van der Waals surface area (Å²) in [6, 6.07) is 4.82. The molecule has 0 unspecified atom stereocenters. The van der Waals surface area contributed by atoms with Crippen molar-refractivity contribution in [3.05, 3.63) is 23.3 Å². The summed E-state index contributed by atoms with van der Waals surface area (Å²) in [7, 11) is -4.11. The lowest BCUT2D eigenvalue weighted by atomic mass is 10.1. The second kappa shape index (κ2) is 9.51. The van der Waals surface area contributed by atoms with E-state index in [1.54, 1.807) is 0 Å². The normalized spacial score (nSPS) is 19.4. The topological polar surface area (TPSA) is 137 Å². The van der Waals surface area contributed by atoms with E-state index in [9.17, 15) is 27.3 Å². The van der Waals surface area contributed by atoms with Gasteiger partial charge in [0.05, 0.1) is 22.7 Å². The van der Waals surface area contributed by atoms with Gasteiger partial charge in [-0.15, -0.1) is 10.2 Å². The Bertz CT molecular complexity index is 1540. The smallest absolute Gasteiger partial charge is 0.291 e. The van der Waals surface area contributed by atoms with Gasteiger partial charge >= 0.3 is 0 Å². The quantitative estimate of drug-likeness (QED) is 0.463. The van der Waals surface area contributed by atoms with Crippen LogP contribution in [0, 0.1) is 17.2 Å². The Morgan fingerprint density at radius 3 is 2.58 bits per heavy atom. The molecule has 5 rings (SSSR count). The van der Waals surface area contributed by atoms with Crippen LogP contribution in [0.2, 0.25) is 0 Å². The Kier molecular flexibility index (Phi) is 6.60. The van der Waals surface area contributed by atoms with Crippen LogP contribution in [0.3, 0.4) is 0 Å². The molecular weight excluding hydrogens is 538 g/mol. The van der Waals surface area contributed by atoms with Crippen LogP contribution in [-0.2, 0) is 14.8 Å². The molecule has 1 aromatic carbocycles. The molecule has 202 valence electrons. The Morgan fingerprint density at radius 1 is 1.26 bits per heavy atom. The number of carbonyl (C=O) groups excluding carboxylic acids is 1. The van der Waals surface area contributed by atoms with Gasteiger partial charge in [-0.1, -0.05) is 25.2 Å². The number of fused-ring (bicyclic) bond motifs is 1. The number of nitrogens with one attached hydrogen (secondary N) is 1. The van der Waals surface area contributed by atoms with Crippen molar-refractivity contribution in [3.63, 3.8) is 0 Å². The summed E-state index contributed by atoms with van der Waals surface area (Å²) in [5.41, 5.74) is -0.218. The number of aromatic nitrogens is 4. The molecule has 1 amide bonds. The molecule has 1 saturated heterocycles. The lowest BCUT2D eigenvalue weighted by Gasteiger charge is -2.42. The zero-order valence-corrected chi connectivity index (χ0v) is 22.6. The molecule has 15 heteroatoms. The summed E-state index contributed by atoms with van der Waals surface area (Å²) in [6.07, 6.45) is -0.433. The highest BCUT2D eigenvalue weighted by Crippen LogP contribution is 2.38. The minimum Gasteiger partial charge on any atom is -0.367 e. The van der Waals surface area contributed by atoms with Crippen molar-refractivity contribution in [3.8, 4) is 11.2 Å². The molecule has 1 aliphatic carbocycles. The Balaban J connectivity index is 1.60. The standard InChI is InChI=1S/C23H26F2N8O3S2/c1-13(2)21(34)32-7-6-31(11-14(32)3)17-8-15(38(35,36)30-23(12-26)4-5-23)9-18-16(17)10-27-33(18)22-29-28-20(37-22)19(24)25/h8-10,13-14,19,30H,4-7,11H2,1-3H3/t14-/m0/s1. The van der Waals surface area contributed by atoms with E-state index in [0.29, 0.717) is 60.4 Å². The largest absolute Gasteiger partial charge is 0.367 e. The fourth-order valence-corrected chi connectivity index (χ4v) is 6.65. The van der Waals surface area contributed by atoms with Gasteiger partial charge in [-0.3, -0.25) is 4.79 Å². The molecule has 2 fully saturated rings. The van der Waals surface area contributed by atoms with Gasteiger partial charge < -0.3 is 9.80 Å². The van der Waals surface area contributed by atoms with Crippen molar-refractivity contribution in [1.29, 1.82) is 5.26 Å². The van der Waals surface area contributed by atoms with Crippen LogP contribution in [-0.4, -0.2) is 70.4 Å². The highest BCUT2D eigenvalue weighted by molar-refractivity contribution is 7.89. The summed E-state index contributed by atoms with van der Waals surface area (Å²) < 4.78 is 56.9. The number of sulfonamides is 1. The first-order chi connectivity index (χ1) is 17.9. The van der Waals surface area contributed by atoms with Crippen LogP contribution in [0.15, 0.2) is 23.2 Å². The van der Waals surface area contributed by atoms with Crippen LogP contribution >= 0.6 is 11.3 Å². The second-order valence-electron chi connectivity index (χ2n) is 9.94. The molecular formula is C23H26F2N8O3S2. The molecule has 0 radical (unpaired) electrons. The number of nitrogens with zero attached hydrogens (tertiary/aromatic N) is 7. The maximum absolute atomic E-state index is 13.4. The lowest BCUT2D eigenvalue weighted by molar-refractivity contribution is -0.136. The van der Waals surface area contributed by atoms with Crippen molar-refractivity contribution in [2.45, 2.75) is 56.5 Å². The van der Waals surface area contributed by atoms with Crippen LogP contribution in [0.25, 0.3) is 16.0 Å². The zero-order valence-electron chi connectivity index (χ0n) is 20.9. The van der Waals surface area contributed by atoms with Crippen LogP contribution in [0.4, 0.5) is 14.5 Å². The second-order valence-corrected chi connectivity index (χ2v) is 12.6. The van der Waals surface area contributed by atoms with Gasteiger partial charge in [0, 0.05) is 42.7 Å². The van der Waals surface area contributed by atoms with E-state index in [0.717, 1.165) is 0 Å². The maximum Gasteiger partial charge on any atom is 0.291 e. The molecule has 38 heavy (non-hydrogen) atoms. The van der Waals surface area contributed by atoms with Crippen molar-refractivity contribution < 1.29 is 22.0 Å². The highest BCUT2D eigenvalue weighted by Gasteiger charge is 2.47. The number of hydrogen-bond acceptors (Lipinski definition) is 9. The van der Waals surface area contributed by atoms with Crippen LogP contribution in [0.5, 0.6) is 0 Å². The molecule has 0 spiro atoms. The fraction of sp³-hybridized carbons (Fsp3) is 0.522. The molecule has 1 N–H and O–H groups in total. The number of hydrogen-bond donors (Lipinski definition) is 1. The van der Waals surface area contributed by atoms with Gasteiger partial charge in [-0.25, -0.2) is 21.9 Å². The molecule has 1 saturated carbocycles. The van der Waals surface area contributed by atoms with Gasteiger partial charge in [0.1, 0.15) is 5.54 Å². The summed E-state index contributed by atoms with van der Waals surface area (Å²) in [6.45, 7) is 6.99. The third kappa shape index (κ3) is 4.72. The van der Waals surface area contributed by atoms with E-state index in [1.165, 1.54) is 23.0 Å². The molecule has 1 atom stereocenters. The number of benzene rings is 1. The monoisotopic (exact) mass is 564 g/mol. The van der Waals surface area contributed by atoms with Crippen LogP contribution in [0.1, 0.15) is 45.0 Å². The summed E-state index contributed by atoms with van der Waals surface area (Å²) in [5, 5.41) is 21.3. The van der Waals surface area contributed by atoms with Gasteiger partial charge in [0.2, 0.25) is 21.1 Å². The van der Waals surface area contributed by atoms with Crippen molar-refractivity contribution >= 4 is 43.9 Å². The van der Waals surface area contributed by atoms with Gasteiger partial charge in [-0.05, 0) is 31.9 Å². The molecule has 3 aromatic rings. The molecule has 0 bridgehead atoms. The van der Waals surface area contributed by atoms with Crippen molar-refractivity contribution in [1.82, 2.24) is 29.6 Å². The molecule has 3 heterocycles. The number of carbonyl (C=O) groups is 1. The van der Waals surface area contributed by atoms with Crippen molar-refractivity contribution in [2.75, 3.05) is 24.5 Å². The summed E-state index contributed by atoms with van der Waals surface area (Å²) >= 11 is 0.661. The van der Waals surface area contributed by atoms with E-state index in [1.807, 2.05) is 36.6 Å². The SMILES string of the molecule is CC(C)C(=O)N1CCN(c2cc(S(=O)(=O)NC3(C#N)CC3)cc3c2cnn3-c2nnc(C(F)F)s2)C[C@@H]1C. The fourth-order valence-electron chi connectivity index (χ4n) is 4.57. The van der Waals surface area contributed by atoms with E-state index in [4.69, 9.17) is 0 Å². The third-order valence-electron chi connectivity index (χ3n) is 6.79. The number of halogens is 2. The van der Waals surface area contributed by atoms with Gasteiger partial charge in [0.15, 0.2) is 5.01 Å². The average molecular weight is 565 g/mol. The first-order valence-corrected chi connectivity index (χ1v) is 14.4. The minimum atomic E-state index is -4.11. The summed E-state index contributed by atoms with van der Waals surface area (Å²) in [4.78, 5) is 16.4. The zero-order chi connectivity index (χ0) is 27.4. The number of piperazine rings is 1. The number of anilines is 1. The minimum absolute atomic E-state index is 0.0491. The molecule has 11 nitrogen and oxygen atoms in total. The van der Waals surface area contributed by atoms with E-state index < -0.39 is 27.0 Å². The van der Waals surface area contributed by atoms with E-state index in [2.05, 4.69) is 20.0 Å². The Hall–Kier alpha value is -3.22. The predicted octanol–water partition coefficient (Wildman–Crippen LogP) is 2.84. The Labute approximate surface area is 222 Å². The molecule has 2 aliphatic rings. The van der Waals surface area contributed by atoms with Crippen molar-refractivity contribution in [2.24, 2.45) is 5.92 Å². The molecule has 1 aliphatic heterocycles. The summed E-state index contributed by atoms with van der Waals surface area (Å²) in [5.74, 6) is -0.0959. The number of rotatable bonds is 7. The molecule has 2 aromatic heterocycles.